The highest BCUT2D eigenvalue weighted by Gasteiger charge is 2.15. The topological polar surface area (TPSA) is 103 Å². The van der Waals surface area contributed by atoms with Gasteiger partial charge >= 0.3 is 5.69 Å². The highest BCUT2D eigenvalue weighted by atomic mass is 32.1. The number of rotatable bonds is 6. The number of hydrogen-bond acceptors (Lipinski definition) is 9. The van der Waals surface area contributed by atoms with Gasteiger partial charge in [-0.2, -0.15) is 0 Å². The number of aromatic nitrogens is 5. The minimum atomic E-state index is -0.379. The van der Waals surface area contributed by atoms with Crippen molar-refractivity contribution in [3.8, 4) is 10.6 Å². The Balaban J connectivity index is 1.35. The Labute approximate surface area is 166 Å². The predicted molar refractivity (Wildman–Crippen MR) is 109 cm³/mol. The highest BCUT2D eigenvalue weighted by Crippen LogP contribution is 2.27. The van der Waals surface area contributed by atoms with Crippen LogP contribution in [0.25, 0.3) is 10.6 Å². The van der Waals surface area contributed by atoms with Gasteiger partial charge in [0.1, 0.15) is 0 Å². The van der Waals surface area contributed by atoms with Gasteiger partial charge in [0, 0.05) is 63.1 Å². The number of nitrogens with zero attached hydrogens (tertiary/aromatic N) is 6. The normalized spacial score (nSPS) is 15.6. The molecule has 28 heavy (non-hydrogen) atoms. The maximum atomic E-state index is 11.3. The Kier molecular flexibility index (Phi) is 5.70. The smallest absolute Gasteiger partial charge is 0.305 e. The fourth-order valence-corrected chi connectivity index (χ4v) is 3.88. The van der Waals surface area contributed by atoms with E-state index in [2.05, 4.69) is 47.0 Å². The second kappa shape index (κ2) is 8.55. The van der Waals surface area contributed by atoms with E-state index in [1.165, 1.54) is 17.5 Å². The van der Waals surface area contributed by atoms with Crippen LogP contribution in [0.15, 0.2) is 35.6 Å². The molecule has 9 nitrogen and oxygen atoms in total. The molecule has 0 aliphatic carbocycles. The van der Waals surface area contributed by atoms with Crippen LogP contribution in [0.3, 0.4) is 0 Å². The summed E-state index contributed by atoms with van der Waals surface area (Å²) in [6.45, 7) is 8.58. The van der Waals surface area contributed by atoms with E-state index in [4.69, 9.17) is 0 Å². The van der Waals surface area contributed by atoms with Gasteiger partial charge < -0.3 is 15.2 Å². The van der Waals surface area contributed by atoms with E-state index in [1.807, 2.05) is 12.4 Å². The molecule has 3 aromatic heterocycles. The molecule has 1 fully saturated rings. The standard InChI is InChI=1S/C18H22N8OS/c1-2-25-5-7-26(8-6-25)12-13-9-20-16(21-10-13)24-18-22-11-15(28-18)14-3-4-19-17(27)23-14/h3-4,9-11H,2,5-8,12H2,1H3,(H,19,23,27)(H,20,21,22,24). The zero-order valence-electron chi connectivity index (χ0n) is 15.6. The summed E-state index contributed by atoms with van der Waals surface area (Å²) in [4.78, 5) is 36.5. The molecule has 0 spiro atoms. The number of nitrogens with one attached hydrogen (secondary N) is 2. The molecule has 3 aromatic rings. The van der Waals surface area contributed by atoms with Gasteiger partial charge in [0.25, 0.3) is 0 Å². The Morgan fingerprint density at radius 3 is 2.54 bits per heavy atom. The SMILES string of the molecule is CCN1CCN(Cc2cnc(Nc3ncc(-c4ccnc(=O)[nH]4)s3)nc2)CC1. The fraction of sp³-hybridized carbons (Fsp3) is 0.389. The van der Waals surface area contributed by atoms with Crippen molar-refractivity contribution in [2.24, 2.45) is 0 Å². The minimum absolute atomic E-state index is 0.379. The van der Waals surface area contributed by atoms with Crippen molar-refractivity contribution in [3.63, 3.8) is 0 Å². The molecule has 0 aromatic carbocycles. The monoisotopic (exact) mass is 398 g/mol. The third-order valence-corrected chi connectivity index (χ3v) is 5.63. The van der Waals surface area contributed by atoms with E-state index < -0.39 is 0 Å². The molecule has 0 radical (unpaired) electrons. The molecule has 2 N–H and O–H groups in total. The summed E-state index contributed by atoms with van der Waals surface area (Å²) in [6, 6.07) is 1.74. The van der Waals surface area contributed by atoms with Crippen molar-refractivity contribution in [2.45, 2.75) is 13.5 Å². The van der Waals surface area contributed by atoms with Crippen LogP contribution in [0.4, 0.5) is 11.1 Å². The van der Waals surface area contributed by atoms with E-state index in [0.29, 0.717) is 16.8 Å². The molecule has 4 rings (SSSR count). The number of piperazine rings is 1. The Morgan fingerprint density at radius 1 is 1.07 bits per heavy atom. The number of thiazole rings is 1. The van der Waals surface area contributed by atoms with E-state index in [9.17, 15) is 4.79 Å². The van der Waals surface area contributed by atoms with Gasteiger partial charge in [-0.25, -0.2) is 24.7 Å². The summed E-state index contributed by atoms with van der Waals surface area (Å²) in [7, 11) is 0. The molecule has 10 heteroatoms. The first-order chi connectivity index (χ1) is 13.7. The summed E-state index contributed by atoms with van der Waals surface area (Å²) in [5, 5.41) is 3.77. The van der Waals surface area contributed by atoms with Gasteiger partial charge in [-0.05, 0) is 12.6 Å². The van der Waals surface area contributed by atoms with Gasteiger partial charge in [0.05, 0.1) is 10.6 Å². The maximum Gasteiger partial charge on any atom is 0.345 e. The average molecular weight is 398 g/mol. The molecule has 4 heterocycles. The lowest BCUT2D eigenvalue weighted by molar-refractivity contribution is 0.132. The first kappa shape index (κ1) is 18.7. The van der Waals surface area contributed by atoms with Crippen molar-refractivity contribution >= 4 is 22.4 Å². The number of H-pyrrole nitrogens is 1. The molecule has 0 atom stereocenters. The molecule has 0 unspecified atom stereocenters. The molecule has 0 bridgehead atoms. The first-order valence-corrected chi connectivity index (χ1v) is 10.1. The van der Waals surface area contributed by atoms with Crippen LogP contribution in [0.1, 0.15) is 12.5 Å². The number of anilines is 2. The summed E-state index contributed by atoms with van der Waals surface area (Å²) in [5.74, 6) is 0.503. The Bertz CT molecular complexity index is 962. The molecule has 1 aliphatic rings. The largest absolute Gasteiger partial charge is 0.345 e. The molecule has 1 aliphatic heterocycles. The van der Waals surface area contributed by atoms with Crippen molar-refractivity contribution in [3.05, 3.63) is 46.9 Å². The van der Waals surface area contributed by atoms with Crippen molar-refractivity contribution in [1.82, 2.24) is 34.7 Å². The maximum absolute atomic E-state index is 11.3. The number of hydrogen-bond donors (Lipinski definition) is 2. The number of aromatic amines is 1. The number of likely N-dealkylation sites (N-methyl/N-ethyl adjacent to an activating group) is 1. The van der Waals surface area contributed by atoms with Crippen molar-refractivity contribution in [2.75, 3.05) is 38.0 Å². The van der Waals surface area contributed by atoms with Crippen LogP contribution in [0.2, 0.25) is 0 Å². The van der Waals surface area contributed by atoms with Gasteiger partial charge in [0.2, 0.25) is 5.95 Å². The van der Waals surface area contributed by atoms with E-state index in [0.717, 1.165) is 49.7 Å². The van der Waals surface area contributed by atoms with Crippen LogP contribution in [0.5, 0.6) is 0 Å². The zero-order valence-corrected chi connectivity index (χ0v) is 16.4. The van der Waals surface area contributed by atoms with Crippen molar-refractivity contribution < 1.29 is 0 Å². The van der Waals surface area contributed by atoms with Crippen molar-refractivity contribution in [1.29, 1.82) is 0 Å². The summed E-state index contributed by atoms with van der Waals surface area (Å²) >= 11 is 1.41. The second-order valence-electron chi connectivity index (χ2n) is 6.57. The molecule has 0 saturated carbocycles. The van der Waals surface area contributed by atoms with Crippen LogP contribution < -0.4 is 11.0 Å². The zero-order chi connectivity index (χ0) is 19.3. The molecule has 1 saturated heterocycles. The van der Waals surface area contributed by atoms with Crippen LogP contribution in [-0.4, -0.2) is 67.4 Å². The molecule has 146 valence electrons. The third kappa shape index (κ3) is 4.58. The second-order valence-corrected chi connectivity index (χ2v) is 7.60. The lowest BCUT2D eigenvalue weighted by Gasteiger charge is -2.33. The average Bonchev–Trinajstić information content (AvgIpc) is 3.19. The lowest BCUT2D eigenvalue weighted by Crippen LogP contribution is -2.45. The quantitative estimate of drug-likeness (QED) is 0.645. The highest BCUT2D eigenvalue weighted by molar-refractivity contribution is 7.18. The predicted octanol–water partition coefficient (Wildman–Crippen LogP) is 1.56. The van der Waals surface area contributed by atoms with Gasteiger partial charge in [-0.3, -0.25) is 4.90 Å². The van der Waals surface area contributed by atoms with Crippen LogP contribution in [-0.2, 0) is 6.54 Å². The van der Waals surface area contributed by atoms with E-state index >= 15 is 0 Å². The molecular formula is C18H22N8OS. The van der Waals surface area contributed by atoms with Gasteiger partial charge in [0.15, 0.2) is 5.13 Å². The lowest BCUT2D eigenvalue weighted by atomic mass is 10.2. The van der Waals surface area contributed by atoms with E-state index in [1.54, 1.807) is 12.3 Å². The molecule has 0 amide bonds. The van der Waals surface area contributed by atoms with Crippen LogP contribution >= 0.6 is 11.3 Å². The third-order valence-electron chi connectivity index (χ3n) is 4.69. The Morgan fingerprint density at radius 2 is 1.82 bits per heavy atom. The van der Waals surface area contributed by atoms with Gasteiger partial charge in [-0.15, -0.1) is 0 Å². The summed E-state index contributed by atoms with van der Waals surface area (Å²) in [5.41, 5.74) is 1.41. The van der Waals surface area contributed by atoms with Crippen LogP contribution in [0, 0.1) is 0 Å². The summed E-state index contributed by atoms with van der Waals surface area (Å²) in [6.07, 6.45) is 6.89. The Hall–Kier alpha value is -2.69. The van der Waals surface area contributed by atoms with Gasteiger partial charge in [-0.1, -0.05) is 18.3 Å². The molecular weight excluding hydrogens is 376 g/mol. The first-order valence-electron chi connectivity index (χ1n) is 9.24. The van der Waals surface area contributed by atoms with E-state index in [-0.39, 0.29) is 5.69 Å². The minimum Gasteiger partial charge on any atom is -0.305 e. The summed E-state index contributed by atoms with van der Waals surface area (Å²) < 4.78 is 0. The fourth-order valence-electron chi connectivity index (χ4n) is 3.09.